The molecule has 80 valence electrons. The zero-order valence-corrected chi connectivity index (χ0v) is 7.76. The number of aliphatic hydroxyl groups excluding tert-OH is 1. The van der Waals surface area contributed by atoms with E-state index in [1.807, 2.05) is 0 Å². The minimum atomic E-state index is -4.40. The van der Waals surface area contributed by atoms with E-state index in [9.17, 15) is 13.2 Å². The van der Waals surface area contributed by atoms with Crippen LogP contribution in [0.2, 0.25) is 0 Å². The molecule has 0 fully saturated rings. The number of nitrogens with zero attached hydrogens (tertiary/aromatic N) is 2. The predicted molar refractivity (Wildman–Crippen MR) is 44.0 cm³/mol. The van der Waals surface area contributed by atoms with Gasteiger partial charge in [0.05, 0.1) is 30.3 Å². The SMILES string of the molecule is OC(CCl)Cn1cc(C(F)(F)F)cn1. The van der Waals surface area contributed by atoms with E-state index in [-0.39, 0.29) is 12.4 Å². The third-order valence-electron chi connectivity index (χ3n) is 1.54. The van der Waals surface area contributed by atoms with E-state index in [4.69, 9.17) is 16.7 Å². The van der Waals surface area contributed by atoms with Gasteiger partial charge in [0.15, 0.2) is 0 Å². The van der Waals surface area contributed by atoms with E-state index in [1.54, 1.807) is 0 Å². The van der Waals surface area contributed by atoms with Crippen LogP contribution in [0, 0.1) is 0 Å². The lowest BCUT2D eigenvalue weighted by atomic mass is 10.3. The van der Waals surface area contributed by atoms with Gasteiger partial charge in [-0.1, -0.05) is 0 Å². The van der Waals surface area contributed by atoms with Crippen LogP contribution in [0.25, 0.3) is 0 Å². The summed E-state index contributed by atoms with van der Waals surface area (Å²) in [5.41, 5.74) is -0.834. The molecule has 14 heavy (non-hydrogen) atoms. The number of rotatable bonds is 3. The summed E-state index contributed by atoms with van der Waals surface area (Å²) in [6.07, 6.45) is -3.75. The average molecular weight is 229 g/mol. The molecular formula is C7H8ClF3N2O. The molecule has 1 heterocycles. The highest BCUT2D eigenvalue weighted by Gasteiger charge is 2.32. The summed E-state index contributed by atoms with van der Waals surface area (Å²) in [5, 5.41) is 12.5. The number of hydrogen-bond acceptors (Lipinski definition) is 2. The topological polar surface area (TPSA) is 38.0 Å². The molecule has 1 aromatic rings. The van der Waals surface area contributed by atoms with Crippen molar-refractivity contribution in [1.29, 1.82) is 0 Å². The lowest BCUT2D eigenvalue weighted by Crippen LogP contribution is -2.17. The largest absolute Gasteiger partial charge is 0.419 e. The average Bonchev–Trinajstić information content (AvgIpc) is 2.51. The first-order valence-corrected chi connectivity index (χ1v) is 4.30. The molecule has 3 nitrogen and oxygen atoms in total. The molecule has 1 aromatic heterocycles. The second-order valence-electron chi connectivity index (χ2n) is 2.76. The van der Waals surface area contributed by atoms with E-state index < -0.39 is 17.8 Å². The monoisotopic (exact) mass is 228 g/mol. The Labute approximate surface area is 83.1 Å². The molecule has 0 spiro atoms. The van der Waals surface area contributed by atoms with Gasteiger partial charge in [-0.3, -0.25) is 4.68 Å². The summed E-state index contributed by atoms with van der Waals surface area (Å²) in [5.74, 6) is -0.0405. The number of alkyl halides is 4. The van der Waals surface area contributed by atoms with E-state index in [0.717, 1.165) is 10.9 Å². The molecule has 0 saturated heterocycles. The molecule has 0 aliphatic heterocycles. The van der Waals surface area contributed by atoms with Crippen LogP contribution in [0.15, 0.2) is 12.4 Å². The van der Waals surface area contributed by atoms with Gasteiger partial charge >= 0.3 is 6.18 Å². The Hall–Kier alpha value is -0.750. The van der Waals surface area contributed by atoms with Crippen LogP contribution >= 0.6 is 11.6 Å². The van der Waals surface area contributed by atoms with Crippen LogP contribution in [0.3, 0.4) is 0 Å². The van der Waals surface area contributed by atoms with Crippen molar-refractivity contribution in [1.82, 2.24) is 9.78 Å². The molecule has 0 aliphatic carbocycles. The molecule has 0 bridgehead atoms. The summed E-state index contributed by atoms with van der Waals surface area (Å²) in [7, 11) is 0. The zero-order chi connectivity index (χ0) is 10.8. The Bertz CT molecular complexity index is 299. The smallest absolute Gasteiger partial charge is 0.390 e. The molecule has 0 saturated carbocycles. The molecule has 0 aromatic carbocycles. The number of hydrogen-bond donors (Lipinski definition) is 1. The first-order chi connectivity index (χ1) is 6.43. The molecule has 0 aliphatic rings. The Kier molecular flexibility index (Phi) is 3.38. The van der Waals surface area contributed by atoms with Gasteiger partial charge in [0.25, 0.3) is 0 Å². The van der Waals surface area contributed by atoms with Crippen LogP contribution in [0.5, 0.6) is 0 Å². The van der Waals surface area contributed by atoms with Crippen molar-refractivity contribution in [2.24, 2.45) is 0 Å². The maximum atomic E-state index is 12.1. The highest BCUT2D eigenvalue weighted by Crippen LogP contribution is 2.28. The maximum absolute atomic E-state index is 12.1. The molecule has 0 radical (unpaired) electrons. The van der Waals surface area contributed by atoms with Crippen molar-refractivity contribution in [3.05, 3.63) is 18.0 Å². The number of aliphatic hydroxyl groups is 1. The molecule has 0 amide bonds. The second kappa shape index (κ2) is 4.18. The summed E-state index contributed by atoms with van der Waals surface area (Å²) < 4.78 is 37.2. The van der Waals surface area contributed by atoms with E-state index in [0.29, 0.717) is 6.20 Å². The number of halogens is 4. The Balaban J connectivity index is 2.69. The highest BCUT2D eigenvalue weighted by molar-refractivity contribution is 6.18. The molecule has 1 unspecified atom stereocenters. The normalized spacial score (nSPS) is 14.4. The standard InChI is InChI=1S/C7H8ClF3N2O/c8-1-6(14)4-13-3-5(2-12-13)7(9,10)11/h2-3,6,14H,1,4H2. The van der Waals surface area contributed by atoms with Crippen molar-refractivity contribution in [3.8, 4) is 0 Å². The van der Waals surface area contributed by atoms with Crippen molar-refractivity contribution in [3.63, 3.8) is 0 Å². The summed E-state index contributed by atoms with van der Waals surface area (Å²) >= 11 is 5.29. The Morgan fingerprint density at radius 3 is 2.64 bits per heavy atom. The first kappa shape index (κ1) is 11.3. The van der Waals surface area contributed by atoms with Crippen molar-refractivity contribution in [2.75, 3.05) is 5.88 Å². The van der Waals surface area contributed by atoms with Crippen LogP contribution in [0.1, 0.15) is 5.56 Å². The zero-order valence-electron chi connectivity index (χ0n) is 7.00. The molecule has 1 N–H and O–H groups in total. The summed E-state index contributed by atoms with van der Waals surface area (Å²) in [4.78, 5) is 0. The summed E-state index contributed by atoms with van der Waals surface area (Å²) in [6.45, 7) is -0.0421. The van der Waals surface area contributed by atoms with Gasteiger partial charge in [0, 0.05) is 6.20 Å². The van der Waals surface area contributed by atoms with Gasteiger partial charge in [-0.05, 0) is 0 Å². The molecule has 1 rings (SSSR count). The fourth-order valence-corrected chi connectivity index (χ4v) is 0.972. The first-order valence-electron chi connectivity index (χ1n) is 3.77. The highest BCUT2D eigenvalue weighted by atomic mass is 35.5. The fourth-order valence-electron chi connectivity index (χ4n) is 0.875. The van der Waals surface area contributed by atoms with E-state index >= 15 is 0 Å². The van der Waals surface area contributed by atoms with Gasteiger partial charge in [-0.15, -0.1) is 11.6 Å². The maximum Gasteiger partial charge on any atom is 0.419 e. The Morgan fingerprint density at radius 1 is 1.57 bits per heavy atom. The van der Waals surface area contributed by atoms with Crippen molar-refractivity contribution < 1.29 is 18.3 Å². The van der Waals surface area contributed by atoms with Gasteiger partial charge in [-0.2, -0.15) is 18.3 Å². The van der Waals surface area contributed by atoms with Crippen LogP contribution < -0.4 is 0 Å². The number of aromatic nitrogens is 2. The molecule has 1 atom stereocenters. The second-order valence-corrected chi connectivity index (χ2v) is 3.07. The third kappa shape index (κ3) is 2.88. The third-order valence-corrected chi connectivity index (χ3v) is 1.89. The van der Waals surface area contributed by atoms with Crippen molar-refractivity contribution in [2.45, 2.75) is 18.8 Å². The fraction of sp³-hybridized carbons (Fsp3) is 0.571. The lowest BCUT2D eigenvalue weighted by molar-refractivity contribution is -0.137. The molecular weight excluding hydrogens is 221 g/mol. The van der Waals surface area contributed by atoms with E-state index in [1.165, 1.54) is 0 Å². The lowest BCUT2D eigenvalue weighted by Gasteiger charge is -2.06. The van der Waals surface area contributed by atoms with Gasteiger partial charge in [0.1, 0.15) is 0 Å². The van der Waals surface area contributed by atoms with Gasteiger partial charge in [-0.25, -0.2) is 0 Å². The van der Waals surface area contributed by atoms with Crippen LogP contribution in [0.4, 0.5) is 13.2 Å². The van der Waals surface area contributed by atoms with Crippen molar-refractivity contribution >= 4 is 11.6 Å². The molecule has 7 heteroatoms. The van der Waals surface area contributed by atoms with E-state index in [2.05, 4.69) is 5.10 Å². The van der Waals surface area contributed by atoms with Crippen LogP contribution in [-0.4, -0.2) is 26.9 Å². The Morgan fingerprint density at radius 2 is 2.21 bits per heavy atom. The minimum absolute atomic E-state index is 0.0405. The minimum Gasteiger partial charge on any atom is -0.390 e. The van der Waals surface area contributed by atoms with Crippen LogP contribution in [-0.2, 0) is 12.7 Å². The summed E-state index contributed by atoms with van der Waals surface area (Å²) in [6, 6.07) is 0. The predicted octanol–water partition coefficient (Wildman–Crippen LogP) is 1.50. The van der Waals surface area contributed by atoms with Gasteiger partial charge < -0.3 is 5.11 Å². The van der Waals surface area contributed by atoms with Gasteiger partial charge in [0.2, 0.25) is 0 Å². The quantitative estimate of drug-likeness (QED) is 0.797.